The van der Waals surface area contributed by atoms with Crippen LogP contribution in [0.1, 0.15) is 83.3 Å². The highest BCUT2D eigenvalue weighted by Crippen LogP contribution is 2.27. The van der Waals surface area contributed by atoms with Gasteiger partial charge in [0.2, 0.25) is 0 Å². The lowest BCUT2D eigenvalue weighted by atomic mass is 9.85. The van der Waals surface area contributed by atoms with Crippen LogP contribution in [-0.4, -0.2) is 13.1 Å². The van der Waals surface area contributed by atoms with Gasteiger partial charge in [-0.2, -0.15) is 0 Å². The topological polar surface area (TPSA) is 24.1 Å². The minimum Gasteiger partial charge on any atom is -0.388 e. The summed E-state index contributed by atoms with van der Waals surface area (Å²) in [6.45, 7) is 17.4. The molecule has 0 heterocycles. The van der Waals surface area contributed by atoms with E-state index in [1.165, 1.54) is 66.6 Å². The molecule has 0 fully saturated rings. The van der Waals surface area contributed by atoms with Crippen LogP contribution in [0.5, 0.6) is 0 Å². The molecule has 2 heteroatoms. The zero-order chi connectivity index (χ0) is 27.2. The van der Waals surface area contributed by atoms with Crippen LogP contribution in [0, 0.1) is 17.8 Å². The molecule has 2 aromatic carbocycles. The number of hydrogen-bond acceptors (Lipinski definition) is 2. The maximum Gasteiger partial charge on any atom is 0.0340 e. The predicted molar refractivity (Wildman–Crippen MR) is 168 cm³/mol. The van der Waals surface area contributed by atoms with Gasteiger partial charge in [-0.25, -0.2) is 0 Å². The minimum absolute atomic E-state index is 0.747. The van der Waals surface area contributed by atoms with E-state index in [1.54, 1.807) is 0 Å². The minimum atomic E-state index is 0.747. The first kappa shape index (κ1) is 29.6. The van der Waals surface area contributed by atoms with Crippen molar-refractivity contribution in [2.24, 2.45) is 17.8 Å². The number of rotatable bonds is 17. The van der Waals surface area contributed by atoms with Crippen molar-refractivity contribution < 1.29 is 0 Å². The molecule has 1 aliphatic carbocycles. The van der Waals surface area contributed by atoms with Crippen LogP contribution < -0.4 is 10.6 Å². The first-order chi connectivity index (χ1) is 18.5. The standard InChI is InChI=1S/C36H50N2/c1-6-30-15-19-35(20-16-30)37-25-23-31(7-2)13-14-32(27-28(3)4)24-26-38-36-21-17-34(18-22-36)29(5)33-11-9-8-10-12-33/h6,8-12,15,17-19,21-22,28,31-32,37-38H,1,5,7,13-14,16,20,23-27H2,2-4H3. The first-order valence-corrected chi connectivity index (χ1v) is 14.8. The molecule has 38 heavy (non-hydrogen) atoms. The number of nitrogens with one attached hydrogen (secondary N) is 2. The normalized spacial score (nSPS) is 14.8. The molecule has 0 spiro atoms. The van der Waals surface area contributed by atoms with Gasteiger partial charge in [-0.3, -0.25) is 0 Å². The Morgan fingerprint density at radius 2 is 1.47 bits per heavy atom. The van der Waals surface area contributed by atoms with E-state index in [4.69, 9.17) is 0 Å². The third-order valence-electron chi connectivity index (χ3n) is 7.95. The van der Waals surface area contributed by atoms with E-state index in [2.05, 4.69) is 105 Å². The van der Waals surface area contributed by atoms with E-state index in [0.717, 1.165) is 49.3 Å². The van der Waals surface area contributed by atoms with Crippen LogP contribution in [0.25, 0.3) is 5.57 Å². The Kier molecular flexibility index (Phi) is 12.5. The van der Waals surface area contributed by atoms with Crippen LogP contribution >= 0.6 is 0 Å². The second-order valence-corrected chi connectivity index (χ2v) is 11.3. The molecule has 0 aliphatic heterocycles. The van der Waals surface area contributed by atoms with Gasteiger partial charge in [-0.1, -0.05) is 108 Å². The molecule has 0 saturated carbocycles. The lowest BCUT2D eigenvalue weighted by Crippen LogP contribution is -2.19. The highest BCUT2D eigenvalue weighted by atomic mass is 14.9. The van der Waals surface area contributed by atoms with Gasteiger partial charge < -0.3 is 10.6 Å². The molecule has 2 atom stereocenters. The van der Waals surface area contributed by atoms with E-state index >= 15 is 0 Å². The van der Waals surface area contributed by atoms with Crippen molar-refractivity contribution in [3.05, 3.63) is 108 Å². The van der Waals surface area contributed by atoms with Gasteiger partial charge >= 0.3 is 0 Å². The van der Waals surface area contributed by atoms with Gasteiger partial charge in [0.25, 0.3) is 0 Å². The Morgan fingerprint density at radius 3 is 2.11 bits per heavy atom. The number of hydrogen-bond donors (Lipinski definition) is 2. The Labute approximate surface area is 233 Å². The fourth-order valence-electron chi connectivity index (χ4n) is 5.49. The fraction of sp³-hybridized carbons (Fsp3) is 0.444. The summed E-state index contributed by atoms with van der Waals surface area (Å²) in [5, 5.41) is 7.37. The lowest BCUT2D eigenvalue weighted by molar-refractivity contribution is 0.318. The highest BCUT2D eigenvalue weighted by molar-refractivity contribution is 5.78. The summed E-state index contributed by atoms with van der Waals surface area (Å²) in [6.07, 6.45) is 16.4. The Bertz CT molecular complexity index is 1040. The largest absolute Gasteiger partial charge is 0.388 e. The molecule has 0 radical (unpaired) electrons. The van der Waals surface area contributed by atoms with Crippen molar-refractivity contribution in [1.29, 1.82) is 0 Å². The summed E-state index contributed by atoms with van der Waals surface area (Å²) in [6, 6.07) is 19.2. The van der Waals surface area contributed by atoms with Gasteiger partial charge in [-0.15, -0.1) is 0 Å². The molecule has 2 N–H and O–H groups in total. The van der Waals surface area contributed by atoms with Crippen LogP contribution in [0.4, 0.5) is 5.69 Å². The summed E-state index contributed by atoms with van der Waals surface area (Å²) >= 11 is 0. The van der Waals surface area contributed by atoms with E-state index in [0.29, 0.717) is 0 Å². The molecule has 0 aromatic heterocycles. The summed E-state index contributed by atoms with van der Waals surface area (Å²) in [7, 11) is 0. The zero-order valence-corrected chi connectivity index (χ0v) is 24.1. The van der Waals surface area contributed by atoms with Crippen molar-refractivity contribution in [3.8, 4) is 0 Å². The van der Waals surface area contributed by atoms with Crippen LogP contribution in [0.2, 0.25) is 0 Å². The number of benzene rings is 2. The molecular formula is C36H50N2. The maximum absolute atomic E-state index is 4.29. The van der Waals surface area contributed by atoms with E-state index in [9.17, 15) is 0 Å². The molecule has 0 amide bonds. The Morgan fingerprint density at radius 1 is 0.816 bits per heavy atom. The SMILES string of the molecule is C=CC1=CC=C(NCCC(CC)CCC(CCNc2ccc(C(=C)c3ccccc3)cc2)CC(C)C)CC1. The molecule has 2 nitrogen and oxygen atoms in total. The molecule has 2 unspecified atom stereocenters. The van der Waals surface area contributed by atoms with Crippen molar-refractivity contribution >= 4 is 11.3 Å². The Hall–Kier alpha value is -3.00. The summed E-state index contributed by atoms with van der Waals surface area (Å²) in [4.78, 5) is 0. The second-order valence-electron chi connectivity index (χ2n) is 11.3. The summed E-state index contributed by atoms with van der Waals surface area (Å²) < 4.78 is 0. The fourth-order valence-corrected chi connectivity index (χ4v) is 5.49. The Balaban J connectivity index is 1.41. The van der Waals surface area contributed by atoms with Gasteiger partial charge in [0, 0.05) is 24.5 Å². The predicted octanol–water partition coefficient (Wildman–Crippen LogP) is 9.79. The van der Waals surface area contributed by atoms with Crippen molar-refractivity contribution in [2.75, 3.05) is 18.4 Å². The molecule has 2 aromatic rings. The van der Waals surface area contributed by atoms with Crippen molar-refractivity contribution in [3.63, 3.8) is 0 Å². The van der Waals surface area contributed by atoms with Crippen molar-refractivity contribution in [1.82, 2.24) is 5.32 Å². The van der Waals surface area contributed by atoms with Gasteiger partial charge in [0.1, 0.15) is 0 Å². The second kappa shape index (κ2) is 16.1. The van der Waals surface area contributed by atoms with Crippen molar-refractivity contribution in [2.45, 2.75) is 72.1 Å². The first-order valence-electron chi connectivity index (χ1n) is 14.8. The summed E-state index contributed by atoms with van der Waals surface area (Å²) in [5.74, 6) is 2.33. The lowest BCUT2D eigenvalue weighted by Gasteiger charge is -2.23. The number of anilines is 1. The van der Waals surface area contributed by atoms with Gasteiger partial charge in [0.15, 0.2) is 0 Å². The van der Waals surface area contributed by atoms with Gasteiger partial charge in [0.05, 0.1) is 0 Å². The third kappa shape index (κ3) is 10.0. The third-order valence-corrected chi connectivity index (χ3v) is 7.95. The molecule has 0 saturated heterocycles. The maximum atomic E-state index is 4.29. The molecule has 3 rings (SSSR count). The zero-order valence-electron chi connectivity index (χ0n) is 24.1. The molecular weight excluding hydrogens is 460 g/mol. The van der Waals surface area contributed by atoms with E-state index < -0.39 is 0 Å². The molecule has 1 aliphatic rings. The molecule has 0 bridgehead atoms. The van der Waals surface area contributed by atoms with Crippen LogP contribution in [0.15, 0.2) is 97.3 Å². The van der Waals surface area contributed by atoms with E-state index in [1.807, 2.05) is 12.1 Å². The van der Waals surface area contributed by atoms with E-state index in [-0.39, 0.29) is 0 Å². The summed E-state index contributed by atoms with van der Waals surface area (Å²) in [5.41, 5.74) is 7.35. The average Bonchev–Trinajstić information content (AvgIpc) is 2.95. The average molecular weight is 511 g/mol. The smallest absolute Gasteiger partial charge is 0.0340 e. The highest BCUT2D eigenvalue weighted by Gasteiger charge is 2.15. The van der Waals surface area contributed by atoms with Gasteiger partial charge in [-0.05, 0) is 90.3 Å². The monoisotopic (exact) mass is 510 g/mol. The van der Waals surface area contributed by atoms with Crippen LogP contribution in [0.3, 0.4) is 0 Å². The quantitative estimate of drug-likeness (QED) is 0.221. The number of allylic oxidation sites excluding steroid dienone is 5. The van der Waals surface area contributed by atoms with Crippen LogP contribution in [-0.2, 0) is 0 Å². The molecule has 204 valence electrons.